The summed E-state index contributed by atoms with van der Waals surface area (Å²) in [6.45, 7) is 0. The number of rotatable bonds is 5. The van der Waals surface area contributed by atoms with Gasteiger partial charge in [0.15, 0.2) is 0 Å². The van der Waals surface area contributed by atoms with Crippen molar-refractivity contribution < 1.29 is 9.59 Å². The second-order valence-electron chi connectivity index (χ2n) is 13.3. The van der Waals surface area contributed by atoms with Crippen LogP contribution in [0, 0.1) is 45.3 Å². The number of carbonyl (C=O) groups excluding carboxylic acids is 2. The molecule has 0 bridgehead atoms. The summed E-state index contributed by atoms with van der Waals surface area (Å²) in [5.74, 6) is -0.904. The molecule has 0 radical (unpaired) electrons. The van der Waals surface area contributed by atoms with E-state index in [-0.39, 0.29) is 11.1 Å². The van der Waals surface area contributed by atoms with Crippen molar-refractivity contribution >= 4 is 39.3 Å². The highest BCUT2D eigenvalue weighted by atomic mass is 16.2. The third-order valence-electron chi connectivity index (χ3n) is 10.2. The number of anilines is 1. The summed E-state index contributed by atoms with van der Waals surface area (Å²) < 4.78 is 1.97. The second kappa shape index (κ2) is 13.1. The number of aromatic nitrogens is 1. The molecule has 0 fully saturated rings. The molecular weight excluding hydrogens is 693 g/mol. The predicted octanol–water partition coefficient (Wildman–Crippen LogP) is 10.1. The van der Waals surface area contributed by atoms with Gasteiger partial charge in [0, 0.05) is 16.3 Å². The number of fused-ring (bicyclic) bond motifs is 4. The molecule has 7 aromatic carbocycles. The molecule has 8 nitrogen and oxygen atoms in total. The Morgan fingerprint density at radius 2 is 0.839 bits per heavy atom. The van der Waals surface area contributed by atoms with Crippen molar-refractivity contribution in [2.24, 2.45) is 0 Å². The largest absolute Gasteiger partial charge is 0.308 e. The summed E-state index contributed by atoms with van der Waals surface area (Å²) in [4.78, 5) is 30.4. The zero-order valence-electron chi connectivity index (χ0n) is 29.4. The zero-order valence-corrected chi connectivity index (χ0v) is 29.4. The maximum Gasteiger partial charge on any atom is 0.268 e. The lowest BCUT2D eigenvalue weighted by Crippen LogP contribution is -2.30. The highest BCUT2D eigenvalue weighted by Crippen LogP contribution is 2.45. The van der Waals surface area contributed by atoms with Gasteiger partial charge in [0.2, 0.25) is 0 Å². The van der Waals surface area contributed by atoms with E-state index >= 15 is 0 Å². The lowest BCUT2D eigenvalue weighted by atomic mass is 9.92. The van der Waals surface area contributed by atoms with Crippen LogP contribution in [0.25, 0.3) is 60.9 Å². The van der Waals surface area contributed by atoms with Crippen LogP contribution in [0.2, 0.25) is 0 Å². The van der Waals surface area contributed by atoms with Crippen molar-refractivity contribution in [3.63, 3.8) is 0 Å². The highest BCUT2D eigenvalue weighted by Gasteiger charge is 2.40. The van der Waals surface area contributed by atoms with Crippen LogP contribution in [0.15, 0.2) is 146 Å². The quantitative estimate of drug-likeness (QED) is 0.163. The lowest BCUT2D eigenvalue weighted by molar-refractivity contribution is 0.0926. The third-order valence-corrected chi connectivity index (χ3v) is 10.2. The fourth-order valence-electron chi connectivity index (χ4n) is 7.88. The number of imide groups is 1. The summed E-state index contributed by atoms with van der Waals surface area (Å²) in [6.07, 6.45) is 0. The van der Waals surface area contributed by atoms with E-state index in [1.165, 1.54) is 17.0 Å². The molecule has 1 aromatic heterocycles. The summed E-state index contributed by atoms with van der Waals surface area (Å²) >= 11 is 0. The molecule has 0 unspecified atom stereocenters. The Morgan fingerprint density at radius 1 is 0.393 bits per heavy atom. The van der Waals surface area contributed by atoms with E-state index in [1.807, 2.05) is 89.5 Å². The standard InChI is InChI=1S/C48H24N6O2/c49-25-29-19-30(26-50)22-34(21-29)37-12-6-16-41-44(37)45-38(35-23-31(27-51)20-32(24-35)28-52)13-7-17-42(45)53(41)43-18-8-14-39-46(43)48(56)54(47(39)55)40-15-5-4-11-36(40)33-9-2-1-3-10-33/h1-24H. The molecule has 0 spiro atoms. The number of amides is 2. The maximum absolute atomic E-state index is 14.8. The molecule has 2 heterocycles. The van der Waals surface area contributed by atoms with Crippen LogP contribution in [-0.2, 0) is 0 Å². The molecule has 2 amide bonds. The molecule has 56 heavy (non-hydrogen) atoms. The van der Waals surface area contributed by atoms with Crippen LogP contribution in [0.4, 0.5) is 5.69 Å². The van der Waals surface area contributed by atoms with E-state index in [1.54, 1.807) is 48.5 Å². The van der Waals surface area contributed by atoms with Gasteiger partial charge >= 0.3 is 0 Å². The van der Waals surface area contributed by atoms with Gasteiger partial charge in [0.1, 0.15) is 0 Å². The van der Waals surface area contributed by atoms with Gasteiger partial charge in [-0.1, -0.05) is 78.9 Å². The van der Waals surface area contributed by atoms with Crippen molar-refractivity contribution in [3.05, 3.63) is 179 Å². The topological polar surface area (TPSA) is 137 Å². The summed E-state index contributed by atoms with van der Waals surface area (Å²) in [5, 5.41) is 41.1. The third kappa shape index (κ3) is 5.12. The Labute approximate surface area is 320 Å². The molecular formula is C48H24N6O2. The van der Waals surface area contributed by atoms with Crippen LogP contribution < -0.4 is 4.90 Å². The SMILES string of the molecule is N#Cc1cc(C#N)cc(-c2cccc3c2c2c(-c4cc(C#N)cc(C#N)c4)cccc2n3-c2cccc3c2C(=O)N(c2ccccc2-c2ccccc2)C3=O)c1. The van der Waals surface area contributed by atoms with Crippen molar-refractivity contribution in [3.8, 4) is 63.3 Å². The van der Waals surface area contributed by atoms with Crippen LogP contribution in [0.1, 0.15) is 43.0 Å². The van der Waals surface area contributed by atoms with Crippen LogP contribution in [0.5, 0.6) is 0 Å². The molecule has 8 aromatic rings. The molecule has 1 aliphatic rings. The Morgan fingerprint density at radius 3 is 1.38 bits per heavy atom. The van der Waals surface area contributed by atoms with E-state index in [4.69, 9.17) is 0 Å². The summed E-state index contributed by atoms with van der Waals surface area (Å²) in [7, 11) is 0. The van der Waals surface area contributed by atoms with Gasteiger partial charge in [-0.25, -0.2) is 4.90 Å². The summed E-state index contributed by atoms with van der Waals surface area (Å²) in [6, 6.07) is 52.3. The molecule has 0 N–H and O–H groups in total. The number of benzene rings is 7. The van der Waals surface area contributed by atoms with Crippen LogP contribution >= 0.6 is 0 Å². The highest BCUT2D eigenvalue weighted by molar-refractivity contribution is 6.36. The van der Waals surface area contributed by atoms with E-state index in [0.717, 1.165) is 33.0 Å². The number of nitrogens with zero attached hydrogens (tertiary/aromatic N) is 6. The molecule has 258 valence electrons. The van der Waals surface area contributed by atoms with Crippen LogP contribution in [0.3, 0.4) is 0 Å². The van der Waals surface area contributed by atoms with Gasteiger partial charge in [-0.3, -0.25) is 9.59 Å². The first-order chi connectivity index (χ1) is 27.4. The molecule has 9 rings (SSSR count). The second-order valence-corrected chi connectivity index (χ2v) is 13.3. The molecule has 0 atom stereocenters. The Kier molecular flexibility index (Phi) is 7.81. The fourth-order valence-corrected chi connectivity index (χ4v) is 7.88. The van der Waals surface area contributed by atoms with Crippen molar-refractivity contribution in [1.29, 1.82) is 21.0 Å². The molecule has 0 saturated heterocycles. The molecule has 1 aliphatic heterocycles. The van der Waals surface area contributed by atoms with Gasteiger partial charge in [0.25, 0.3) is 11.8 Å². The predicted molar refractivity (Wildman–Crippen MR) is 214 cm³/mol. The number of nitriles is 4. The number of para-hydroxylation sites is 1. The number of hydrogen-bond acceptors (Lipinski definition) is 6. The van der Waals surface area contributed by atoms with Gasteiger partial charge in [0.05, 0.1) is 80.1 Å². The number of hydrogen-bond donors (Lipinski definition) is 0. The molecule has 8 heteroatoms. The first-order valence-corrected chi connectivity index (χ1v) is 17.6. The monoisotopic (exact) mass is 716 g/mol. The average Bonchev–Trinajstić information content (AvgIpc) is 3.73. The first kappa shape index (κ1) is 33.3. The van der Waals surface area contributed by atoms with Crippen molar-refractivity contribution in [1.82, 2.24) is 4.57 Å². The van der Waals surface area contributed by atoms with Crippen LogP contribution in [-0.4, -0.2) is 16.4 Å². The van der Waals surface area contributed by atoms with Crippen molar-refractivity contribution in [2.45, 2.75) is 0 Å². The minimum Gasteiger partial charge on any atom is -0.308 e. The fraction of sp³-hybridized carbons (Fsp3) is 0. The summed E-state index contributed by atoms with van der Waals surface area (Å²) in [5.41, 5.74) is 8.45. The number of carbonyl (C=O) groups is 2. The van der Waals surface area contributed by atoms with Gasteiger partial charge in [-0.15, -0.1) is 0 Å². The Balaban J connectivity index is 1.36. The van der Waals surface area contributed by atoms with E-state index in [9.17, 15) is 30.6 Å². The molecule has 0 saturated carbocycles. The Hall–Kier alpha value is -8.56. The zero-order chi connectivity index (χ0) is 38.5. The first-order valence-electron chi connectivity index (χ1n) is 17.6. The van der Waals surface area contributed by atoms with E-state index in [0.29, 0.717) is 55.8 Å². The van der Waals surface area contributed by atoms with Gasteiger partial charge in [-0.2, -0.15) is 21.0 Å². The minimum absolute atomic E-state index is 0.242. The Bertz CT molecular complexity index is 2990. The van der Waals surface area contributed by atoms with Crippen molar-refractivity contribution in [2.75, 3.05) is 4.90 Å². The van der Waals surface area contributed by atoms with E-state index in [2.05, 4.69) is 24.3 Å². The average molecular weight is 717 g/mol. The minimum atomic E-state index is -0.466. The lowest BCUT2D eigenvalue weighted by Gasteiger charge is -2.18. The smallest absolute Gasteiger partial charge is 0.268 e. The normalized spacial score (nSPS) is 11.9. The van der Waals surface area contributed by atoms with Gasteiger partial charge < -0.3 is 4.57 Å². The van der Waals surface area contributed by atoms with Gasteiger partial charge in [-0.05, 0) is 94.5 Å². The maximum atomic E-state index is 14.8. The van der Waals surface area contributed by atoms with E-state index < -0.39 is 11.8 Å². The molecule has 0 aliphatic carbocycles.